The van der Waals surface area contributed by atoms with Crippen LogP contribution in [-0.4, -0.2) is 20.9 Å². The van der Waals surface area contributed by atoms with Gasteiger partial charge in [-0.1, -0.05) is 46.6 Å². The van der Waals surface area contributed by atoms with Crippen LogP contribution in [0, 0.1) is 0 Å². The highest BCUT2D eigenvalue weighted by molar-refractivity contribution is 6.31. The number of rotatable bonds is 4. The van der Waals surface area contributed by atoms with Gasteiger partial charge in [-0.25, -0.2) is 4.68 Å². The minimum atomic E-state index is -0.217. The third kappa shape index (κ3) is 3.91. The Morgan fingerprint density at radius 1 is 0.893 bits per heavy atom. The fourth-order valence-corrected chi connectivity index (χ4v) is 3.08. The van der Waals surface area contributed by atoms with Crippen molar-refractivity contribution >= 4 is 34.8 Å². The Bertz CT molecular complexity index is 1120. The van der Waals surface area contributed by atoms with Gasteiger partial charge >= 0.3 is 0 Å². The molecular formula is C21H14Cl2N4O. The zero-order chi connectivity index (χ0) is 19.5. The lowest BCUT2D eigenvalue weighted by Crippen LogP contribution is -2.12. The molecule has 0 aliphatic rings. The van der Waals surface area contributed by atoms with Gasteiger partial charge in [0.2, 0.25) is 0 Å². The normalized spacial score (nSPS) is 10.6. The van der Waals surface area contributed by atoms with Crippen molar-refractivity contribution in [1.29, 1.82) is 0 Å². The summed E-state index contributed by atoms with van der Waals surface area (Å²) in [5.74, 6) is -0.217. The average molecular weight is 409 g/mol. The van der Waals surface area contributed by atoms with E-state index in [1.807, 2.05) is 36.4 Å². The van der Waals surface area contributed by atoms with Crippen LogP contribution in [0.4, 0.5) is 5.69 Å². The van der Waals surface area contributed by atoms with E-state index >= 15 is 0 Å². The van der Waals surface area contributed by atoms with Crippen LogP contribution in [0.1, 0.15) is 10.4 Å². The van der Waals surface area contributed by atoms with E-state index in [1.54, 1.807) is 47.3 Å². The highest BCUT2D eigenvalue weighted by Crippen LogP contribution is 2.23. The first-order valence-corrected chi connectivity index (χ1v) is 9.20. The smallest absolute Gasteiger partial charge is 0.255 e. The maximum Gasteiger partial charge on any atom is 0.255 e. The van der Waals surface area contributed by atoms with Crippen LogP contribution in [0.5, 0.6) is 0 Å². The molecule has 4 aromatic rings. The van der Waals surface area contributed by atoms with Crippen molar-refractivity contribution in [2.75, 3.05) is 5.32 Å². The summed E-state index contributed by atoms with van der Waals surface area (Å²) in [5, 5.41) is 12.2. The fourth-order valence-electron chi connectivity index (χ4n) is 2.77. The summed E-state index contributed by atoms with van der Waals surface area (Å²) < 4.78 is 1.71. The molecule has 0 aliphatic heterocycles. The molecule has 28 heavy (non-hydrogen) atoms. The van der Waals surface area contributed by atoms with E-state index in [4.69, 9.17) is 23.2 Å². The molecule has 0 saturated carbocycles. The molecule has 0 aliphatic carbocycles. The van der Waals surface area contributed by atoms with Crippen molar-refractivity contribution in [1.82, 2.24) is 15.0 Å². The van der Waals surface area contributed by atoms with Crippen LogP contribution in [-0.2, 0) is 0 Å². The zero-order valence-corrected chi connectivity index (χ0v) is 16.0. The fraction of sp³-hybridized carbons (Fsp3) is 0. The highest BCUT2D eigenvalue weighted by atomic mass is 35.5. The van der Waals surface area contributed by atoms with Crippen LogP contribution in [0.2, 0.25) is 10.0 Å². The number of hydrogen-bond acceptors (Lipinski definition) is 3. The number of aromatic nitrogens is 3. The van der Waals surface area contributed by atoms with Crippen LogP contribution in [0.3, 0.4) is 0 Å². The maximum absolute atomic E-state index is 12.4. The minimum Gasteiger partial charge on any atom is -0.322 e. The molecule has 0 radical (unpaired) electrons. The first-order chi connectivity index (χ1) is 13.6. The van der Waals surface area contributed by atoms with Crippen molar-refractivity contribution in [3.63, 3.8) is 0 Å². The highest BCUT2D eigenvalue weighted by Gasteiger charge is 2.11. The molecule has 0 fully saturated rings. The van der Waals surface area contributed by atoms with Crippen LogP contribution in [0.15, 0.2) is 79.0 Å². The molecule has 1 amide bonds. The molecule has 0 spiro atoms. The van der Waals surface area contributed by atoms with Crippen LogP contribution in [0.25, 0.3) is 16.9 Å². The lowest BCUT2D eigenvalue weighted by Gasteiger charge is -2.09. The Hall–Kier alpha value is -3.15. The van der Waals surface area contributed by atoms with Gasteiger partial charge in [0, 0.05) is 26.9 Å². The number of nitrogens with one attached hydrogen (secondary N) is 1. The summed E-state index contributed by atoms with van der Waals surface area (Å²) in [5.41, 5.74) is 3.73. The summed E-state index contributed by atoms with van der Waals surface area (Å²) in [7, 11) is 0. The summed E-state index contributed by atoms with van der Waals surface area (Å²) >= 11 is 11.9. The second-order valence-electron chi connectivity index (χ2n) is 6.05. The third-order valence-electron chi connectivity index (χ3n) is 4.15. The monoisotopic (exact) mass is 408 g/mol. The molecular weight excluding hydrogens is 395 g/mol. The quantitative estimate of drug-likeness (QED) is 0.485. The number of halogens is 2. The molecule has 4 rings (SSSR count). The Kier molecular flexibility index (Phi) is 5.10. The van der Waals surface area contributed by atoms with Crippen molar-refractivity contribution in [3.8, 4) is 16.9 Å². The molecule has 7 heteroatoms. The molecule has 0 unspecified atom stereocenters. The largest absolute Gasteiger partial charge is 0.322 e. The van der Waals surface area contributed by atoms with Crippen molar-refractivity contribution in [2.45, 2.75) is 0 Å². The van der Waals surface area contributed by atoms with E-state index in [-0.39, 0.29) is 5.91 Å². The molecule has 138 valence electrons. The van der Waals surface area contributed by atoms with Gasteiger partial charge in [-0.05, 0) is 54.6 Å². The van der Waals surface area contributed by atoms with Crippen LogP contribution >= 0.6 is 23.2 Å². The third-order valence-corrected chi connectivity index (χ3v) is 4.63. The van der Waals surface area contributed by atoms with E-state index in [0.717, 1.165) is 16.9 Å². The minimum absolute atomic E-state index is 0.217. The second kappa shape index (κ2) is 7.84. The lowest BCUT2D eigenvalue weighted by molar-refractivity contribution is 0.102. The summed E-state index contributed by atoms with van der Waals surface area (Å²) in [6.07, 6.45) is 1.68. The molecule has 1 N–H and O–H groups in total. The molecule has 1 heterocycles. The van der Waals surface area contributed by atoms with Gasteiger partial charge in [-0.3, -0.25) is 4.79 Å². The van der Waals surface area contributed by atoms with Gasteiger partial charge in [0.05, 0.1) is 17.6 Å². The molecule has 5 nitrogen and oxygen atoms in total. The van der Waals surface area contributed by atoms with Crippen molar-refractivity contribution < 1.29 is 4.79 Å². The SMILES string of the molecule is O=C(Nc1cccc(Cl)c1)c1ccc(-n2nncc2-c2ccc(Cl)cc2)cc1. The lowest BCUT2D eigenvalue weighted by atomic mass is 10.1. The Morgan fingerprint density at radius 2 is 1.64 bits per heavy atom. The van der Waals surface area contributed by atoms with E-state index in [1.165, 1.54) is 0 Å². The number of nitrogens with zero attached hydrogens (tertiary/aromatic N) is 3. The topological polar surface area (TPSA) is 59.8 Å². The Balaban J connectivity index is 1.56. The van der Waals surface area contributed by atoms with Gasteiger partial charge in [0.15, 0.2) is 0 Å². The number of carbonyl (C=O) groups excluding carboxylic acids is 1. The molecule has 0 saturated heterocycles. The first kappa shape index (κ1) is 18.2. The number of anilines is 1. The number of amides is 1. The van der Waals surface area contributed by atoms with Gasteiger partial charge < -0.3 is 5.32 Å². The van der Waals surface area contributed by atoms with Crippen molar-refractivity contribution in [2.24, 2.45) is 0 Å². The number of hydrogen-bond donors (Lipinski definition) is 1. The first-order valence-electron chi connectivity index (χ1n) is 8.44. The molecule has 1 aromatic heterocycles. The summed E-state index contributed by atoms with van der Waals surface area (Å²) in [4.78, 5) is 12.4. The molecule has 0 atom stereocenters. The van der Waals surface area contributed by atoms with Crippen LogP contribution < -0.4 is 5.32 Å². The standard InChI is InChI=1S/C21H14Cl2N4O/c22-16-8-4-14(5-9-16)20-13-24-26-27(20)19-10-6-15(7-11-19)21(28)25-18-3-1-2-17(23)12-18/h1-13H,(H,25,28). The number of benzene rings is 3. The Morgan fingerprint density at radius 3 is 2.36 bits per heavy atom. The van der Waals surface area contributed by atoms with Crippen molar-refractivity contribution in [3.05, 3.63) is 94.6 Å². The van der Waals surface area contributed by atoms with Gasteiger partial charge in [-0.2, -0.15) is 0 Å². The zero-order valence-electron chi connectivity index (χ0n) is 14.5. The Labute approximate surface area is 171 Å². The molecule has 3 aromatic carbocycles. The van der Waals surface area contributed by atoms with E-state index < -0.39 is 0 Å². The van der Waals surface area contributed by atoms with E-state index in [9.17, 15) is 4.79 Å². The predicted octanol–water partition coefficient (Wildman–Crippen LogP) is 5.49. The second-order valence-corrected chi connectivity index (χ2v) is 6.92. The van der Waals surface area contributed by atoms with Gasteiger partial charge in [-0.15, -0.1) is 5.10 Å². The summed E-state index contributed by atoms with van der Waals surface area (Å²) in [6, 6.07) is 21.6. The summed E-state index contributed by atoms with van der Waals surface area (Å²) in [6.45, 7) is 0. The predicted molar refractivity (Wildman–Crippen MR) is 111 cm³/mol. The van der Waals surface area contributed by atoms with Gasteiger partial charge in [0.1, 0.15) is 0 Å². The van der Waals surface area contributed by atoms with E-state index in [2.05, 4.69) is 15.6 Å². The number of carbonyl (C=O) groups is 1. The van der Waals surface area contributed by atoms with Gasteiger partial charge in [0.25, 0.3) is 5.91 Å². The average Bonchev–Trinajstić information content (AvgIpc) is 3.18. The maximum atomic E-state index is 12.4. The van der Waals surface area contributed by atoms with E-state index in [0.29, 0.717) is 21.3 Å². The molecule has 0 bridgehead atoms.